The quantitative estimate of drug-likeness (QED) is 0.721. The van der Waals surface area contributed by atoms with Crippen molar-refractivity contribution in [3.8, 4) is 0 Å². The van der Waals surface area contributed by atoms with E-state index in [9.17, 15) is 13.2 Å². The third-order valence-electron chi connectivity index (χ3n) is 2.74. The molecule has 19 heavy (non-hydrogen) atoms. The fourth-order valence-electron chi connectivity index (χ4n) is 1.73. The fourth-order valence-corrected chi connectivity index (χ4v) is 3.12. The van der Waals surface area contributed by atoms with Crippen molar-refractivity contribution in [2.24, 2.45) is 0 Å². The van der Waals surface area contributed by atoms with Gasteiger partial charge in [0, 0.05) is 25.5 Å². The number of hydrogen-bond acceptors (Lipinski definition) is 6. The molecule has 0 unspecified atom stereocenters. The van der Waals surface area contributed by atoms with E-state index in [4.69, 9.17) is 4.74 Å². The zero-order valence-electron chi connectivity index (χ0n) is 10.4. The smallest absolute Gasteiger partial charge is 0.339 e. The van der Waals surface area contributed by atoms with Gasteiger partial charge in [-0.3, -0.25) is 4.98 Å². The number of morpholine rings is 1. The van der Waals surface area contributed by atoms with E-state index in [2.05, 4.69) is 9.72 Å². The average molecular weight is 286 g/mol. The van der Waals surface area contributed by atoms with E-state index in [1.807, 2.05) is 0 Å². The lowest BCUT2D eigenvalue weighted by molar-refractivity contribution is 0.0599. The van der Waals surface area contributed by atoms with Gasteiger partial charge in [0.2, 0.25) is 10.0 Å². The van der Waals surface area contributed by atoms with Gasteiger partial charge >= 0.3 is 5.97 Å². The number of carbonyl (C=O) groups excluding carboxylic acids is 1. The molecule has 0 spiro atoms. The van der Waals surface area contributed by atoms with E-state index < -0.39 is 16.0 Å². The van der Waals surface area contributed by atoms with Crippen LogP contribution < -0.4 is 0 Å². The molecule has 0 saturated carbocycles. The first-order chi connectivity index (χ1) is 9.05. The maximum atomic E-state index is 12.3. The van der Waals surface area contributed by atoms with E-state index in [0.29, 0.717) is 26.3 Å². The Morgan fingerprint density at radius 1 is 1.37 bits per heavy atom. The van der Waals surface area contributed by atoms with E-state index in [1.54, 1.807) is 0 Å². The summed E-state index contributed by atoms with van der Waals surface area (Å²) in [6.07, 6.45) is 2.49. The van der Waals surface area contributed by atoms with Crippen LogP contribution in [0.3, 0.4) is 0 Å². The second-order valence-electron chi connectivity index (χ2n) is 3.92. The topological polar surface area (TPSA) is 85.8 Å². The summed E-state index contributed by atoms with van der Waals surface area (Å²) >= 11 is 0. The molecular formula is C11H14N2O5S. The van der Waals surface area contributed by atoms with Gasteiger partial charge < -0.3 is 9.47 Å². The van der Waals surface area contributed by atoms with E-state index in [1.165, 1.54) is 29.9 Å². The summed E-state index contributed by atoms with van der Waals surface area (Å²) < 4.78 is 35.6. The van der Waals surface area contributed by atoms with Crippen molar-refractivity contribution in [1.82, 2.24) is 9.29 Å². The molecule has 0 aromatic carbocycles. The number of aromatic nitrogens is 1. The lowest BCUT2D eigenvalue weighted by Gasteiger charge is -2.25. The zero-order valence-corrected chi connectivity index (χ0v) is 11.2. The number of nitrogens with zero attached hydrogens (tertiary/aromatic N) is 2. The Kier molecular flexibility index (Phi) is 4.13. The highest BCUT2D eigenvalue weighted by Gasteiger charge is 2.27. The molecule has 0 bridgehead atoms. The largest absolute Gasteiger partial charge is 0.465 e. The minimum absolute atomic E-state index is 0.0164. The molecule has 0 radical (unpaired) electrons. The SMILES string of the molecule is COC(=O)c1cncc(S(=O)(=O)N2CCOCC2)c1. The normalized spacial score (nSPS) is 17.1. The number of hydrogen-bond donors (Lipinski definition) is 0. The van der Waals surface area contributed by atoms with Crippen LogP contribution in [0, 0.1) is 0 Å². The first-order valence-electron chi connectivity index (χ1n) is 5.67. The second-order valence-corrected chi connectivity index (χ2v) is 5.86. The summed E-state index contributed by atoms with van der Waals surface area (Å²) in [5.41, 5.74) is 0.108. The van der Waals surface area contributed by atoms with E-state index in [0.717, 1.165) is 0 Å². The highest BCUT2D eigenvalue weighted by molar-refractivity contribution is 7.89. The lowest BCUT2D eigenvalue weighted by atomic mass is 10.3. The number of carbonyl (C=O) groups is 1. The first-order valence-corrected chi connectivity index (χ1v) is 7.11. The second kappa shape index (κ2) is 5.64. The minimum Gasteiger partial charge on any atom is -0.465 e. The minimum atomic E-state index is -3.64. The fraction of sp³-hybridized carbons (Fsp3) is 0.455. The molecule has 0 amide bonds. The molecular weight excluding hydrogens is 272 g/mol. The van der Waals surface area contributed by atoms with Crippen molar-refractivity contribution < 1.29 is 22.7 Å². The van der Waals surface area contributed by atoms with Gasteiger partial charge in [0.1, 0.15) is 4.90 Å². The van der Waals surface area contributed by atoms with Crippen molar-refractivity contribution in [3.63, 3.8) is 0 Å². The van der Waals surface area contributed by atoms with Gasteiger partial charge in [-0.15, -0.1) is 0 Å². The summed E-state index contributed by atoms with van der Waals surface area (Å²) in [7, 11) is -2.42. The van der Waals surface area contributed by atoms with Crippen molar-refractivity contribution in [3.05, 3.63) is 24.0 Å². The van der Waals surface area contributed by atoms with Crippen LogP contribution in [0.2, 0.25) is 0 Å². The number of pyridine rings is 1. The molecule has 1 aromatic rings. The van der Waals surface area contributed by atoms with Crippen LogP contribution in [0.1, 0.15) is 10.4 Å². The maximum absolute atomic E-state index is 12.3. The highest BCUT2D eigenvalue weighted by atomic mass is 32.2. The van der Waals surface area contributed by atoms with Crippen molar-refractivity contribution >= 4 is 16.0 Å². The van der Waals surface area contributed by atoms with Gasteiger partial charge in [0.15, 0.2) is 0 Å². The number of rotatable bonds is 3. The van der Waals surface area contributed by atoms with Gasteiger partial charge in [0.05, 0.1) is 25.9 Å². The molecule has 0 aliphatic carbocycles. The van der Waals surface area contributed by atoms with Crippen LogP contribution >= 0.6 is 0 Å². The van der Waals surface area contributed by atoms with Crippen LogP contribution in [-0.2, 0) is 19.5 Å². The third-order valence-corrected chi connectivity index (χ3v) is 4.61. The molecule has 2 rings (SSSR count). The van der Waals surface area contributed by atoms with Crippen LogP contribution in [0.5, 0.6) is 0 Å². The van der Waals surface area contributed by atoms with Gasteiger partial charge in [-0.2, -0.15) is 4.31 Å². The highest BCUT2D eigenvalue weighted by Crippen LogP contribution is 2.17. The molecule has 1 fully saturated rings. The molecule has 1 saturated heterocycles. The number of methoxy groups -OCH3 is 1. The molecule has 1 aliphatic rings. The first kappa shape index (κ1) is 13.9. The molecule has 104 valence electrons. The molecule has 8 heteroatoms. The molecule has 0 atom stereocenters. The maximum Gasteiger partial charge on any atom is 0.339 e. The average Bonchev–Trinajstić information content (AvgIpc) is 2.47. The standard InChI is InChI=1S/C11H14N2O5S/c1-17-11(14)9-6-10(8-12-7-9)19(15,16)13-2-4-18-5-3-13/h6-8H,2-5H2,1H3. The number of esters is 1. The van der Waals surface area contributed by atoms with Crippen LogP contribution in [0.15, 0.2) is 23.4 Å². The molecule has 1 aliphatic heterocycles. The van der Waals surface area contributed by atoms with Gasteiger partial charge in [-0.1, -0.05) is 0 Å². The Labute approximate surface area is 111 Å². The van der Waals surface area contributed by atoms with Crippen LogP contribution in [-0.4, -0.2) is 57.1 Å². The van der Waals surface area contributed by atoms with Gasteiger partial charge in [-0.05, 0) is 6.07 Å². The third kappa shape index (κ3) is 2.91. The Bertz CT molecular complexity index is 566. The van der Waals surface area contributed by atoms with Crippen molar-refractivity contribution in [1.29, 1.82) is 0 Å². The van der Waals surface area contributed by atoms with Crippen LogP contribution in [0.4, 0.5) is 0 Å². The Balaban J connectivity index is 2.32. The zero-order chi connectivity index (χ0) is 13.9. The predicted octanol–water partition coefficient (Wildman–Crippen LogP) is -0.111. The Morgan fingerprint density at radius 2 is 2.05 bits per heavy atom. The summed E-state index contributed by atoms with van der Waals surface area (Å²) in [4.78, 5) is 15.1. The number of ether oxygens (including phenoxy) is 2. The van der Waals surface area contributed by atoms with Crippen molar-refractivity contribution in [2.75, 3.05) is 33.4 Å². The van der Waals surface area contributed by atoms with Gasteiger partial charge in [-0.25, -0.2) is 13.2 Å². The summed E-state index contributed by atoms with van der Waals surface area (Å²) in [5.74, 6) is -0.619. The summed E-state index contributed by atoms with van der Waals surface area (Å²) in [6.45, 7) is 1.32. The molecule has 0 N–H and O–H groups in total. The van der Waals surface area contributed by atoms with Gasteiger partial charge in [0.25, 0.3) is 0 Å². The summed E-state index contributed by atoms with van der Waals surface area (Å²) in [6, 6.07) is 1.27. The van der Waals surface area contributed by atoms with E-state index >= 15 is 0 Å². The van der Waals surface area contributed by atoms with E-state index in [-0.39, 0.29) is 10.5 Å². The molecule has 2 heterocycles. The summed E-state index contributed by atoms with van der Waals surface area (Å²) in [5, 5.41) is 0. The predicted molar refractivity (Wildman–Crippen MR) is 65.2 cm³/mol. The molecule has 7 nitrogen and oxygen atoms in total. The lowest BCUT2D eigenvalue weighted by Crippen LogP contribution is -2.40. The van der Waals surface area contributed by atoms with Crippen LogP contribution in [0.25, 0.3) is 0 Å². The Hall–Kier alpha value is -1.51. The monoisotopic (exact) mass is 286 g/mol. The number of sulfonamides is 1. The Morgan fingerprint density at radius 3 is 2.68 bits per heavy atom. The van der Waals surface area contributed by atoms with Crippen molar-refractivity contribution in [2.45, 2.75) is 4.90 Å². The molecule has 1 aromatic heterocycles.